The predicted octanol–water partition coefficient (Wildman–Crippen LogP) is -1.12. The number of benzene rings is 2. The Hall–Kier alpha value is -3.54. The van der Waals surface area contributed by atoms with Crippen LogP contribution >= 0.6 is 0 Å². The van der Waals surface area contributed by atoms with Crippen molar-refractivity contribution in [3.63, 3.8) is 0 Å². The minimum Gasteiger partial charge on any atom is -0.384 e. The lowest BCUT2D eigenvalue weighted by atomic mass is 9.96. The number of tetrazole rings is 1. The van der Waals surface area contributed by atoms with Crippen LogP contribution in [0.15, 0.2) is 52.3 Å². The smallest absolute Gasteiger partial charge is 0.241 e. The van der Waals surface area contributed by atoms with Crippen molar-refractivity contribution in [2.45, 2.75) is 15.8 Å². The van der Waals surface area contributed by atoms with E-state index in [1.165, 1.54) is 6.07 Å². The Morgan fingerprint density at radius 2 is 1.80 bits per heavy atom. The third-order valence-corrected chi connectivity index (χ3v) is 7.72. The van der Waals surface area contributed by atoms with Gasteiger partial charge in [-0.3, -0.25) is 0 Å². The van der Waals surface area contributed by atoms with E-state index in [4.69, 9.17) is 22.3 Å². The monoisotopic (exact) mass is 518 g/mol. The lowest BCUT2D eigenvalue weighted by molar-refractivity contribution is 0.563. The van der Waals surface area contributed by atoms with Crippen molar-refractivity contribution >= 4 is 36.8 Å². The topological polar surface area (TPSA) is 252 Å². The lowest BCUT2D eigenvalue weighted by Crippen LogP contribution is -2.42. The van der Waals surface area contributed by atoms with E-state index in [9.17, 15) is 16.8 Å². The van der Waals surface area contributed by atoms with E-state index in [0.29, 0.717) is 16.5 Å². The molecule has 1 atom stereocenters. The summed E-state index contributed by atoms with van der Waals surface area (Å²) >= 11 is 0. The quantitative estimate of drug-likeness (QED) is 0.163. The number of nitrogens with two attached hydrogens (primary N) is 4. The number of para-hydroxylation sites is 1. The fourth-order valence-electron chi connectivity index (χ4n) is 3.53. The molecule has 0 radical (unpaired) electrons. The summed E-state index contributed by atoms with van der Waals surface area (Å²) in [6, 6.07) is 10.4. The number of primary sulfonamides is 1. The number of aromatic amines is 1. The van der Waals surface area contributed by atoms with Crippen molar-refractivity contribution in [2.75, 3.05) is 18.8 Å². The molecule has 2 heterocycles. The molecule has 2 aromatic heterocycles. The minimum absolute atomic E-state index is 0.00875. The number of nitrogens with zero attached hydrogens (tertiary/aromatic N) is 4. The molecule has 4 aromatic rings. The lowest BCUT2D eigenvalue weighted by Gasteiger charge is -2.18. The number of nitrogens with one attached hydrogen (secondary N) is 2. The Balaban J connectivity index is 2.08. The molecule has 0 unspecified atom stereocenters. The van der Waals surface area contributed by atoms with E-state index in [0.717, 1.165) is 6.07 Å². The normalized spacial score (nSPS) is 13.2. The van der Waals surface area contributed by atoms with Crippen molar-refractivity contribution in [3.05, 3.63) is 42.5 Å². The van der Waals surface area contributed by atoms with E-state index in [1.807, 2.05) is 0 Å². The van der Waals surface area contributed by atoms with Crippen molar-refractivity contribution in [3.8, 4) is 22.5 Å². The Kier molecular flexibility index (Phi) is 6.50. The van der Waals surface area contributed by atoms with Gasteiger partial charge in [0.1, 0.15) is 15.6 Å². The Labute approximate surface area is 200 Å². The van der Waals surface area contributed by atoms with Gasteiger partial charge in [-0.15, -0.1) is 10.2 Å². The summed E-state index contributed by atoms with van der Waals surface area (Å²) in [6.07, 6.45) is 0. The summed E-state index contributed by atoms with van der Waals surface area (Å²) in [5.41, 5.74) is 18.0. The van der Waals surface area contributed by atoms with Crippen LogP contribution in [0, 0.1) is 0 Å². The van der Waals surface area contributed by atoms with Gasteiger partial charge in [0.25, 0.3) is 0 Å². The van der Waals surface area contributed by atoms with Gasteiger partial charge in [-0.1, -0.05) is 24.3 Å². The molecule has 0 bridgehead atoms. The van der Waals surface area contributed by atoms with Crippen LogP contribution in [0.1, 0.15) is 0 Å². The highest BCUT2D eigenvalue weighted by Gasteiger charge is 2.32. The maximum absolute atomic E-state index is 13.1. The zero-order chi connectivity index (χ0) is 25.4. The standard InChI is InChI=1S/C19H22N10O4S2/c20-8-11(21)9-24-35(32,33)14-6-5-12(13-3-1-2-10-4-7-15(22)25-17(10)13)16(18(14)34(23,30)31)19-26-28-29-27-19/h1-7,11,24H,8-9,20-21H2,(H2,22,25)(H2,23,30,31)(H,26,27,28,29)/t11-/m0/s1. The summed E-state index contributed by atoms with van der Waals surface area (Å²) < 4.78 is 54.2. The maximum Gasteiger partial charge on any atom is 0.241 e. The van der Waals surface area contributed by atoms with Gasteiger partial charge in [0, 0.05) is 30.1 Å². The second-order valence-electron chi connectivity index (χ2n) is 7.56. The molecule has 0 aliphatic heterocycles. The van der Waals surface area contributed by atoms with E-state index in [1.54, 1.807) is 30.3 Å². The number of hydrogen-bond acceptors (Lipinski definition) is 11. The molecule has 10 N–H and O–H groups in total. The SMILES string of the molecule is NC[C@H](N)CNS(=O)(=O)c1ccc(-c2cccc3ccc(N)nc23)c(-c2nn[nH]n2)c1S(N)(=O)=O. The van der Waals surface area contributed by atoms with Crippen molar-refractivity contribution in [1.82, 2.24) is 30.3 Å². The molecule has 0 aliphatic rings. The van der Waals surface area contributed by atoms with Crippen molar-refractivity contribution in [2.24, 2.45) is 16.6 Å². The summed E-state index contributed by atoms with van der Waals surface area (Å²) in [6.45, 7) is -0.219. The second kappa shape index (κ2) is 9.25. The molecule has 14 nitrogen and oxygen atoms in total. The number of anilines is 1. The number of aromatic nitrogens is 5. The van der Waals surface area contributed by atoms with Gasteiger partial charge in [-0.2, -0.15) is 5.21 Å². The third-order valence-electron chi connectivity index (χ3n) is 5.13. The molecule has 0 spiro atoms. The fourth-order valence-corrected chi connectivity index (χ4v) is 6.22. The van der Waals surface area contributed by atoms with Crippen LogP contribution in [0.4, 0.5) is 5.82 Å². The fraction of sp³-hybridized carbons (Fsp3) is 0.158. The van der Waals surface area contributed by atoms with Crippen LogP contribution in [0.2, 0.25) is 0 Å². The Morgan fingerprint density at radius 1 is 1.03 bits per heavy atom. The molecule has 0 saturated heterocycles. The van der Waals surface area contributed by atoms with Crippen LogP contribution in [-0.4, -0.2) is 61.6 Å². The average Bonchev–Trinajstić information content (AvgIpc) is 3.35. The van der Waals surface area contributed by atoms with E-state index < -0.39 is 35.9 Å². The molecule has 2 aromatic carbocycles. The van der Waals surface area contributed by atoms with Gasteiger partial charge in [-0.25, -0.2) is 31.7 Å². The molecule has 0 aliphatic carbocycles. The number of H-pyrrole nitrogens is 1. The summed E-state index contributed by atoms with van der Waals surface area (Å²) in [4.78, 5) is 3.04. The molecular formula is C19H22N10O4S2. The van der Waals surface area contributed by atoms with Crippen LogP contribution in [0.5, 0.6) is 0 Å². The number of pyridine rings is 1. The summed E-state index contributed by atoms with van der Waals surface area (Å²) in [5.74, 6) is 0.0398. The molecule has 0 amide bonds. The molecule has 16 heteroatoms. The first-order valence-corrected chi connectivity index (χ1v) is 13.1. The molecule has 0 saturated carbocycles. The van der Waals surface area contributed by atoms with Gasteiger partial charge in [0.2, 0.25) is 25.9 Å². The Morgan fingerprint density at radius 3 is 2.46 bits per heavy atom. The number of sulfonamides is 2. The van der Waals surface area contributed by atoms with Crippen LogP contribution in [-0.2, 0) is 20.0 Å². The zero-order valence-corrected chi connectivity index (χ0v) is 19.7. The first kappa shape index (κ1) is 24.6. The number of rotatable bonds is 8. The van der Waals surface area contributed by atoms with Crippen molar-refractivity contribution in [1.29, 1.82) is 0 Å². The van der Waals surface area contributed by atoms with Gasteiger partial charge in [0.15, 0.2) is 0 Å². The second-order valence-corrected chi connectivity index (χ2v) is 10.8. The predicted molar refractivity (Wildman–Crippen MR) is 128 cm³/mol. The highest BCUT2D eigenvalue weighted by Crippen LogP contribution is 2.40. The molecule has 184 valence electrons. The van der Waals surface area contributed by atoms with Gasteiger partial charge >= 0.3 is 0 Å². The van der Waals surface area contributed by atoms with E-state index in [2.05, 4.69) is 30.3 Å². The van der Waals surface area contributed by atoms with Gasteiger partial charge < -0.3 is 17.2 Å². The van der Waals surface area contributed by atoms with E-state index >= 15 is 0 Å². The number of nitrogen functional groups attached to an aromatic ring is 1. The minimum atomic E-state index is -4.65. The summed E-state index contributed by atoms with van der Waals surface area (Å²) in [7, 11) is -9.06. The molecule has 4 rings (SSSR count). The van der Waals surface area contributed by atoms with Gasteiger partial charge in [-0.05, 0) is 29.0 Å². The van der Waals surface area contributed by atoms with E-state index in [-0.39, 0.29) is 35.9 Å². The zero-order valence-electron chi connectivity index (χ0n) is 18.1. The number of fused-ring (bicyclic) bond motifs is 1. The van der Waals surface area contributed by atoms with Gasteiger partial charge in [0.05, 0.1) is 11.1 Å². The maximum atomic E-state index is 13.1. The average molecular weight is 519 g/mol. The highest BCUT2D eigenvalue weighted by atomic mass is 32.2. The largest absolute Gasteiger partial charge is 0.384 e. The Bertz CT molecular complexity index is 1610. The van der Waals surface area contributed by atoms with Crippen LogP contribution in [0.25, 0.3) is 33.4 Å². The molecule has 0 fully saturated rings. The highest BCUT2D eigenvalue weighted by molar-refractivity contribution is 7.92. The molecular weight excluding hydrogens is 496 g/mol. The van der Waals surface area contributed by atoms with Crippen LogP contribution in [0.3, 0.4) is 0 Å². The molecule has 35 heavy (non-hydrogen) atoms. The van der Waals surface area contributed by atoms with Crippen LogP contribution < -0.4 is 27.1 Å². The van der Waals surface area contributed by atoms with Crippen molar-refractivity contribution < 1.29 is 16.8 Å². The summed E-state index contributed by atoms with van der Waals surface area (Å²) in [5, 5.41) is 19.8. The third kappa shape index (κ3) is 4.83. The first-order chi connectivity index (χ1) is 16.5. The first-order valence-electron chi connectivity index (χ1n) is 10.1. The number of hydrogen-bond donors (Lipinski definition) is 6.